The van der Waals surface area contributed by atoms with Crippen molar-refractivity contribution in [3.05, 3.63) is 22.7 Å². The van der Waals surface area contributed by atoms with Gasteiger partial charge in [0, 0.05) is 6.54 Å². The van der Waals surface area contributed by atoms with Gasteiger partial charge in [0.25, 0.3) is 0 Å². The van der Waals surface area contributed by atoms with E-state index in [1.807, 2.05) is 12.1 Å². The second-order valence-corrected chi connectivity index (χ2v) is 6.02. The maximum Gasteiger partial charge on any atom is 0.176 e. The largest absolute Gasteiger partial charge is 0.503 e. The Hall–Kier alpha value is -0.930. The molecule has 2 rings (SSSR count). The monoisotopic (exact) mass is 297 g/mol. The van der Waals surface area contributed by atoms with Crippen LogP contribution in [0.15, 0.2) is 12.1 Å². The smallest absolute Gasteiger partial charge is 0.176 e. The van der Waals surface area contributed by atoms with Gasteiger partial charge < -0.3 is 9.84 Å². The summed E-state index contributed by atoms with van der Waals surface area (Å²) in [7, 11) is 1.55. The fourth-order valence-corrected chi connectivity index (χ4v) is 3.16. The number of hydrogen-bond acceptors (Lipinski definition) is 3. The molecule has 0 spiro atoms. The van der Waals surface area contributed by atoms with E-state index in [-0.39, 0.29) is 5.75 Å². The minimum atomic E-state index is 0.0276. The van der Waals surface area contributed by atoms with Crippen LogP contribution in [0, 0.1) is 5.92 Å². The number of ether oxygens (including phenoxy) is 1. The van der Waals surface area contributed by atoms with Gasteiger partial charge in [-0.3, -0.25) is 4.90 Å². The zero-order valence-electron chi connectivity index (χ0n) is 12.4. The third-order valence-corrected chi connectivity index (χ3v) is 4.52. The predicted molar refractivity (Wildman–Crippen MR) is 82.6 cm³/mol. The van der Waals surface area contributed by atoms with E-state index in [1.165, 1.54) is 25.7 Å². The van der Waals surface area contributed by atoms with E-state index in [4.69, 9.17) is 16.3 Å². The summed E-state index contributed by atoms with van der Waals surface area (Å²) in [5, 5.41) is 10.1. The standard InChI is InChI=1S/C16H24ClNO2/c1-3-12-5-4-7-18(8-6-12)11-13-9-14(17)16(19)15(10-13)20-2/h9-10,12,19H,3-8,11H2,1-2H3. The van der Waals surface area contributed by atoms with Gasteiger partial charge >= 0.3 is 0 Å². The average Bonchev–Trinajstić information content (AvgIpc) is 2.67. The molecule has 1 aromatic carbocycles. The number of halogens is 1. The van der Waals surface area contributed by atoms with Crippen molar-refractivity contribution in [2.45, 2.75) is 39.2 Å². The van der Waals surface area contributed by atoms with Crippen LogP contribution in [0.1, 0.15) is 38.2 Å². The highest BCUT2D eigenvalue weighted by Gasteiger charge is 2.17. The molecule has 0 saturated carbocycles. The molecule has 0 radical (unpaired) electrons. The van der Waals surface area contributed by atoms with Crippen LogP contribution >= 0.6 is 11.6 Å². The van der Waals surface area contributed by atoms with Crippen LogP contribution < -0.4 is 4.74 Å². The molecule has 1 atom stereocenters. The first-order valence-corrected chi connectivity index (χ1v) is 7.79. The number of benzene rings is 1. The first-order chi connectivity index (χ1) is 9.63. The Kier molecular flexibility index (Phi) is 5.55. The van der Waals surface area contributed by atoms with Gasteiger partial charge in [0.1, 0.15) is 0 Å². The lowest BCUT2D eigenvalue weighted by atomic mass is 9.98. The zero-order valence-corrected chi connectivity index (χ0v) is 13.1. The highest BCUT2D eigenvalue weighted by molar-refractivity contribution is 6.32. The summed E-state index contributed by atoms with van der Waals surface area (Å²) < 4.78 is 5.16. The van der Waals surface area contributed by atoms with E-state index in [1.54, 1.807) is 7.11 Å². The van der Waals surface area contributed by atoms with Crippen LogP contribution in [0.4, 0.5) is 0 Å². The van der Waals surface area contributed by atoms with Crippen molar-refractivity contribution in [2.75, 3.05) is 20.2 Å². The molecule has 4 heteroatoms. The second kappa shape index (κ2) is 7.19. The van der Waals surface area contributed by atoms with Crippen LogP contribution in [0.2, 0.25) is 5.02 Å². The number of nitrogens with zero attached hydrogens (tertiary/aromatic N) is 1. The SMILES string of the molecule is CCC1CCCN(Cc2cc(Cl)c(O)c(OC)c2)CC1. The minimum absolute atomic E-state index is 0.0276. The molecule has 0 aliphatic carbocycles. The molecule has 0 amide bonds. The quantitative estimate of drug-likeness (QED) is 0.909. The molecule has 1 aliphatic heterocycles. The van der Waals surface area contributed by atoms with Gasteiger partial charge in [-0.05, 0) is 56.0 Å². The van der Waals surface area contributed by atoms with Crippen LogP contribution in [0.5, 0.6) is 11.5 Å². The number of phenolic OH excluding ortho intramolecular Hbond substituents is 1. The van der Waals surface area contributed by atoms with E-state index < -0.39 is 0 Å². The van der Waals surface area contributed by atoms with Crippen molar-refractivity contribution in [1.29, 1.82) is 0 Å². The van der Waals surface area contributed by atoms with E-state index in [0.29, 0.717) is 10.8 Å². The number of likely N-dealkylation sites (tertiary alicyclic amines) is 1. The summed E-state index contributed by atoms with van der Waals surface area (Å²) in [5.41, 5.74) is 1.10. The Morgan fingerprint density at radius 2 is 2.15 bits per heavy atom. The predicted octanol–water partition coefficient (Wildman–Crippen LogP) is 4.07. The van der Waals surface area contributed by atoms with E-state index in [0.717, 1.165) is 31.1 Å². The molecule has 1 saturated heterocycles. The van der Waals surface area contributed by atoms with Crippen LogP contribution in [-0.4, -0.2) is 30.2 Å². The number of rotatable bonds is 4. The molecule has 3 nitrogen and oxygen atoms in total. The Labute approximate surface area is 126 Å². The summed E-state index contributed by atoms with van der Waals surface area (Å²) in [6.45, 7) is 5.42. The molecule has 0 aromatic heterocycles. The van der Waals surface area contributed by atoms with Crippen LogP contribution in [0.3, 0.4) is 0 Å². The fraction of sp³-hybridized carbons (Fsp3) is 0.625. The average molecular weight is 298 g/mol. The lowest BCUT2D eigenvalue weighted by Crippen LogP contribution is -2.24. The lowest BCUT2D eigenvalue weighted by Gasteiger charge is -2.21. The van der Waals surface area contributed by atoms with E-state index in [2.05, 4.69) is 11.8 Å². The van der Waals surface area contributed by atoms with Crippen molar-refractivity contribution in [3.63, 3.8) is 0 Å². The van der Waals surface area contributed by atoms with Crippen molar-refractivity contribution in [2.24, 2.45) is 5.92 Å². The molecule has 1 heterocycles. The Balaban J connectivity index is 2.04. The third kappa shape index (κ3) is 3.80. The zero-order chi connectivity index (χ0) is 14.5. The number of phenols is 1. The lowest BCUT2D eigenvalue weighted by molar-refractivity contribution is 0.271. The summed E-state index contributed by atoms with van der Waals surface area (Å²) in [6, 6.07) is 3.71. The first-order valence-electron chi connectivity index (χ1n) is 7.41. The second-order valence-electron chi connectivity index (χ2n) is 5.61. The van der Waals surface area contributed by atoms with Gasteiger partial charge in [0.2, 0.25) is 0 Å². The van der Waals surface area contributed by atoms with Gasteiger partial charge in [-0.1, -0.05) is 24.9 Å². The normalized spacial score (nSPS) is 20.6. The maximum absolute atomic E-state index is 9.77. The third-order valence-electron chi connectivity index (χ3n) is 4.23. The Morgan fingerprint density at radius 3 is 2.85 bits per heavy atom. The van der Waals surface area contributed by atoms with E-state index >= 15 is 0 Å². The Morgan fingerprint density at radius 1 is 1.35 bits per heavy atom. The Bertz CT molecular complexity index is 450. The topological polar surface area (TPSA) is 32.7 Å². The van der Waals surface area contributed by atoms with Crippen molar-refractivity contribution >= 4 is 11.6 Å². The maximum atomic E-state index is 9.77. The summed E-state index contributed by atoms with van der Waals surface area (Å²) in [4.78, 5) is 2.47. The van der Waals surface area contributed by atoms with Gasteiger partial charge in [-0.15, -0.1) is 0 Å². The van der Waals surface area contributed by atoms with Crippen molar-refractivity contribution in [3.8, 4) is 11.5 Å². The molecular formula is C16H24ClNO2. The summed E-state index contributed by atoms with van der Waals surface area (Å²) >= 11 is 6.04. The molecule has 1 N–H and O–H groups in total. The molecule has 1 aliphatic rings. The van der Waals surface area contributed by atoms with Gasteiger partial charge in [0.15, 0.2) is 11.5 Å². The number of methoxy groups -OCH3 is 1. The summed E-state index contributed by atoms with van der Waals surface area (Å²) in [6.07, 6.45) is 5.17. The minimum Gasteiger partial charge on any atom is -0.503 e. The number of hydrogen-bond donors (Lipinski definition) is 1. The van der Waals surface area contributed by atoms with Gasteiger partial charge in [-0.2, -0.15) is 0 Å². The van der Waals surface area contributed by atoms with Crippen molar-refractivity contribution in [1.82, 2.24) is 4.90 Å². The van der Waals surface area contributed by atoms with Crippen LogP contribution in [0.25, 0.3) is 0 Å². The fourth-order valence-electron chi connectivity index (χ4n) is 2.92. The highest BCUT2D eigenvalue weighted by atomic mass is 35.5. The molecular weight excluding hydrogens is 274 g/mol. The number of aromatic hydroxyl groups is 1. The van der Waals surface area contributed by atoms with Gasteiger partial charge in [0.05, 0.1) is 12.1 Å². The molecule has 1 aromatic rings. The molecule has 20 heavy (non-hydrogen) atoms. The van der Waals surface area contributed by atoms with Crippen LogP contribution in [-0.2, 0) is 6.54 Å². The molecule has 1 unspecified atom stereocenters. The van der Waals surface area contributed by atoms with E-state index in [9.17, 15) is 5.11 Å². The summed E-state index contributed by atoms with van der Waals surface area (Å²) in [5.74, 6) is 1.35. The molecule has 112 valence electrons. The highest BCUT2D eigenvalue weighted by Crippen LogP contribution is 2.35. The van der Waals surface area contributed by atoms with Gasteiger partial charge in [-0.25, -0.2) is 0 Å². The molecule has 0 bridgehead atoms. The molecule has 1 fully saturated rings. The van der Waals surface area contributed by atoms with Crippen molar-refractivity contribution < 1.29 is 9.84 Å². The first kappa shape index (κ1) is 15.5.